The molecular formula is C11H24O. The van der Waals surface area contributed by atoms with Crippen LogP contribution in [0.5, 0.6) is 0 Å². The third-order valence-electron chi connectivity index (χ3n) is 3.05. The number of hydrogen-bond donors (Lipinski definition) is 1. The third kappa shape index (κ3) is 2.10. The molecule has 0 fully saturated rings. The first-order chi connectivity index (χ1) is 4.93. The number of aliphatic hydroxyl groups excluding tert-OH is 1. The van der Waals surface area contributed by atoms with E-state index in [0.717, 1.165) is 6.42 Å². The van der Waals surface area contributed by atoms with Gasteiger partial charge >= 0.3 is 0 Å². The summed E-state index contributed by atoms with van der Waals surface area (Å²) in [7, 11) is 0. The summed E-state index contributed by atoms with van der Waals surface area (Å²) in [5.41, 5.74) is 1.59. The molecule has 0 aromatic heterocycles. The normalized spacial score (nSPS) is 33.6. The Labute approximate surface area is 78.0 Å². The zero-order chi connectivity index (χ0) is 8.65. The van der Waals surface area contributed by atoms with Gasteiger partial charge < -0.3 is 5.11 Å². The molecule has 1 aliphatic rings. The smallest absolute Gasteiger partial charge is 0.0728 e. The lowest BCUT2D eigenvalue weighted by Gasteiger charge is -2.38. The van der Waals surface area contributed by atoms with Crippen LogP contribution in [0.15, 0.2) is 11.6 Å². The molecule has 2 atom stereocenters. The van der Waals surface area contributed by atoms with E-state index in [9.17, 15) is 5.11 Å². The van der Waals surface area contributed by atoms with E-state index >= 15 is 0 Å². The summed E-state index contributed by atoms with van der Waals surface area (Å²) in [4.78, 5) is 0. The lowest BCUT2D eigenvalue weighted by atomic mass is 9.69. The molecule has 0 amide bonds. The molecule has 0 aromatic rings. The monoisotopic (exact) mass is 173 g/mol. The summed E-state index contributed by atoms with van der Waals surface area (Å²) in [6.45, 7) is 8.78. The summed E-state index contributed by atoms with van der Waals surface area (Å²) in [6, 6.07) is 0. The maximum Gasteiger partial charge on any atom is 0.0728 e. The standard InChI is InChI=1S/C10H18O.CH4.H2/c1-7-5-9(11)6-10(3,4)8(7)2;;/h5,8-9,11H,6H2,1-4H3;1H4;1H/t8-,9+;;/m0../s1/i;;1+1. The first kappa shape index (κ1) is 11.7. The number of allylic oxidation sites excluding steroid dienone is 1. The second kappa shape index (κ2) is 3.61. The van der Waals surface area contributed by atoms with Crippen LogP contribution in [-0.2, 0) is 0 Å². The van der Waals surface area contributed by atoms with Crippen molar-refractivity contribution in [3.63, 3.8) is 0 Å². The van der Waals surface area contributed by atoms with E-state index in [0.29, 0.717) is 5.92 Å². The van der Waals surface area contributed by atoms with E-state index in [2.05, 4.69) is 27.7 Å². The van der Waals surface area contributed by atoms with Crippen molar-refractivity contribution in [1.82, 2.24) is 0 Å². The van der Waals surface area contributed by atoms with E-state index in [-0.39, 0.29) is 20.4 Å². The SMILES string of the molecule is C.CC1=C[C@@H](O)CC(C)(C)[C@H]1C.[2HH]. The van der Waals surface area contributed by atoms with Crippen LogP contribution in [0.4, 0.5) is 0 Å². The molecule has 0 unspecified atom stereocenters. The minimum absolute atomic E-state index is 0. The zero-order valence-corrected chi connectivity index (χ0v) is 7.89. The van der Waals surface area contributed by atoms with Crippen molar-refractivity contribution >= 4 is 0 Å². The summed E-state index contributed by atoms with van der Waals surface area (Å²) in [5.74, 6) is 0.603. The largest absolute Gasteiger partial charge is 0.389 e. The first-order valence-electron chi connectivity index (χ1n) is 4.30. The molecule has 0 aliphatic heterocycles. The molecule has 0 heterocycles. The van der Waals surface area contributed by atoms with Crippen LogP contribution in [0.3, 0.4) is 0 Å². The van der Waals surface area contributed by atoms with Crippen LogP contribution < -0.4 is 0 Å². The fraction of sp³-hybridized carbons (Fsp3) is 0.818. The van der Waals surface area contributed by atoms with Crippen molar-refractivity contribution in [2.45, 2.75) is 47.6 Å². The molecule has 0 radical (unpaired) electrons. The van der Waals surface area contributed by atoms with Crippen LogP contribution in [-0.4, -0.2) is 11.2 Å². The fourth-order valence-corrected chi connectivity index (χ4v) is 1.84. The van der Waals surface area contributed by atoms with Crippen molar-refractivity contribution in [3.05, 3.63) is 11.6 Å². The lowest BCUT2D eigenvalue weighted by molar-refractivity contribution is 0.108. The van der Waals surface area contributed by atoms with Gasteiger partial charge in [0.15, 0.2) is 0 Å². The average molecular weight is 173 g/mol. The highest BCUT2D eigenvalue weighted by molar-refractivity contribution is 5.13. The van der Waals surface area contributed by atoms with Crippen LogP contribution >= 0.6 is 0 Å². The van der Waals surface area contributed by atoms with Crippen molar-refractivity contribution in [3.8, 4) is 0 Å². The Bertz CT molecular complexity index is 185. The Hall–Kier alpha value is -0.300. The minimum atomic E-state index is -0.221. The van der Waals surface area contributed by atoms with Crippen molar-refractivity contribution in [2.24, 2.45) is 11.3 Å². The molecule has 0 saturated carbocycles. The van der Waals surface area contributed by atoms with Gasteiger partial charge in [-0.2, -0.15) is 0 Å². The number of aliphatic hydroxyl groups is 1. The Balaban J connectivity index is 0. The third-order valence-corrected chi connectivity index (χ3v) is 3.05. The lowest BCUT2D eigenvalue weighted by Crippen LogP contribution is -2.31. The first-order valence-corrected chi connectivity index (χ1v) is 4.30. The molecular weight excluding hydrogens is 148 g/mol. The van der Waals surface area contributed by atoms with E-state index in [1.165, 1.54) is 5.57 Å². The topological polar surface area (TPSA) is 20.2 Å². The van der Waals surface area contributed by atoms with Gasteiger partial charge in [-0.15, -0.1) is 0 Å². The second-order valence-corrected chi connectivity index (χ2v) is 4.39. The maximum atomic E-state index is 9.46. The maximum absolute atomic E-state index is 9.46. The van der Waals surface area contributed by atoms with Crippen molar-refractivity contribution in [1.29, 1.82) is 0 Å². The molecule has 1 aliphatic carbocycles. The van der Waals surface area contributed by atoms with Crippen LogP contribution in [0, 0.1) is 11.3 Å². The molecule has 0 saturated heterocycles. The highest BCUT2D eigenvalue weighted by Gasteiger charge is 2.32. The van der Waals surface area contributed by atoms with E-state index in [1.807, 2.05) is 6.08 Å². The van der Waals surface area contributed by atoms with Gasteiger partial charge in [0.1, 0.15) is 0 Å². The van der Waals surface area contributed by atoms with Gasteiger partial charge in [-0.25, -0.2) is 0 Å². The Morgan fingerprint density at radius 3 is 2.50 bits per heavy atom. The molecule has 74 valence electrons. The van der Waals surface area contributed by atoms with Gasteiger partial charge in [-0.3, -0.25) is 0 Å². The predicted molar refractivity (Wildman–Crippen MR) is 56.2 cm³/mol. The molecule has 0 aromatic carbocycles. The molecule has 1 nitrogen and oxygen atoms in total. The van der Waals surface area contributed by atoms with E-state index < -0.39 is 0 Å². The molecule has 1 N–H and O–H groups in total. The van der Waals surface area contributed by atoms with Gasteiger partial charge in [0.2, 0.25) is 0 Å². The van der Waals surface area contributed by atoms with Crippen molar-refractivity contribution in [2.75, 3.05) is 0 Å². The number of rotatable bonds is 0. The molecule has 12 heavy (non-hydrogen) atoms. The van der Waals surface area contributed by atoms with Gasteiger partial charge in [-0.05, 0) is 24.7 Å². The van der Waals surface area contributed by atoms with Crippen molar-refractivity contribution < 1.29 is 6.53 Å². The summed E-state index contributed by atoms with van der Waals surface area (Å²) in [6.07, 6.45) is 2.66. The summed E-state index contributed by atoms with van der Waals surface area (Å²) >= 11 is 0. The van der Waals surface area contributed by atoms with Crippen LogP contribution in [0.1, 0.15) is 43.0 Å². The van der Waals surface area contributed by atoms with Gasteiger partial charge in [0.25, 0.3) is 0 Å². The van der Waals surface area contributed by atoms with Gasteiger partial charge in [0.05, 0.1) is 6.10 Å². The molecule has 0 bridgehead atoms. The average Bonchev–Trinajstić information content (AvgIpc) is 1.81. The zero-order valence-electron chi connectivity index (χ0n) is 7.89. The van der Waals surface area contributed by atoms with E-state index in [1.54, 1.807) is 0 Å². The Morgan fingerprint density at radius 2 is 2.08 bits per heavy atom. The fourth-order valence-electron chi connectivity index (χ4n) is 1.84. The Morgan fingerprint density at radius 1 is 1.58 bits per heavy atom. The molecule has 1 rings (SSSR count). The minimum Gasteiger partial charge on any atom is -0.389 e. The summed E-state index contributed by atoms with van der Waals surface area (Å²) < 4.78 is 0. The number of hydrogen-bond acceptors (Lipinski definition) is 1. The van der Waals surface area contributed by atoms with Crippen LogP contribution in [0.2, 0.25) is 0 Å². The predicted octanol–water partition coefficient (Wildman–Crippen LogP) is 3.24. The second-order valence-electron chi connectivity index (χ2n) is 4.39. The van der Waals surface area contributed by atoms with E-state index in [4.69, 9.17) is 0 Å². The van der Waals surface area contributed by atoms with Gasteiger partial charge in [0, 0.05) is 1.43 Å². The highest BCUT2D eigenvalue weighted by atomic mass is 16.3. The quantitative estimate of drug-likeness (QED) is 0.558. The molecule has 0 spiro atoms. The summed E-state index contributed by atoms with van der Waals surface area (Å²) in [5, 5.41) is 9.46. The highest BCUT2D eigenvalue weighted by Crippen LogP contribution is 2.40. The Kier molecular flexibility index (Phi) is 3.52. The van der Waals surface area contributed by atoms with Gasteiger partial charge in [-0.1, -0.05) is 39.8 Å². The van der Waals surface area contributed by atoms with Crippen LogP contribution in [0.25, 0.3) is 0 Å². The molecule has 1 heteroatoms.